The summed E-state index contributed by atoms with van der Waals surface area (Å²) >= 11 is 0. The molecule has 2 N–H and O–H groups in total. The Morgan fingerprint density at radius 2 is 1.86 bits per heavy atom. The third kappa shape index (κ3) is 3.95. The zero-order chi connectivity index (χ0) is 15.2. The van der Waals surface area contributed by atoms with Gasteiger partial charge in [-0.25, -0.2) is 0 Å². The fourth-order valence-corrected chi connectivity index (χ4v) is 1.92. The predicted molar refractivity (Wildman–Crippen MR) is 84.3 cm³/mol. The molecular formula is C18H17NO2. The van der Waals surface area contributed by atoms with Crippen molar-refractivity contribution in [2.75, 3.05) is 11.9 Å². The summed E-state index contributed by atoms with van der Waals surface area (Å²) in [4.78, 5) is 12.3. The fourth-order valence-electron chi connectivity index (χ4n) is 1.92. The lowest BCUT2D eigenvalue weighted by atomic mass is 10.0. The summed E-state index contributed by atoms with van der Waals surface area (Å²) in [5.74, 6) is 5.23. The van der Waals surface area contributed by atoms with Crippen LogP contribution in [0.1, 0.15) is 27.0 Å². The number of aryl methyl sites for hydroxylation is 2. The average molecular weight is 279 g/mol. The SMILES string of the molecule is Cc1ccc(NC(=O)c2cc(C#CCO)ccc2C)cc1. The van der Waals surface area contributed by atoms with Gasteiger partial charge in [-0.2, -0.15) is 0 Å². The lowest BCUT2D eigenvalue weighted by Gasteiger charge is -2.08. The number of aliphatic hydroxyl groups is 1. The van der Waals surface area contributed by atoms with E-state index in [1.54, 1.807) is 6.07 Å². The Morgan fingerprint density at radius 1 is 1.14 bits per heavy atom. The van der Waals surface area contributed by atoms with Gasteiger partial charge in [-0.15, -0.1) is 0 Å². The Balaban J connectivity index is 2.23. The van der Waals surface area contributed by atoms with Crippen LogP contribution in [0.15, 0.2) is 42.5 Å². The van der Waals surface area contributed by atoms with Crippen LogP contribution in [-0.4, -0.2) is 17.6 Å². The van der Waals surface area contributed by atoms with Crippen molar-refractivity contribution >= 4 is 11.6 Å². The zero-order valence-electron chi connectivity index (χ0n) is 12.1. The maximum atomic E-state index is 12.3. The molecule has 2 aromatic carbocycles. The van der Waals surface area contributed by atoms with Crippen molar-refractivity contribution in [3.05, 3.63) is 64.7 Å². The molecule has 0 saturated heterocycles. The quantitative estimate of drug-likeness (QED) is 0.830. The van der Waals surface area contributed by atoms with E-state index < -0.39 is 0 Å². The molecule has 0 saturated carbocycles. The molecule has 0 bridgehead atoms. The highest BCUT2D eigenvalue weighted by molar-refractivity contribution is 6.05. The zero-order valence-corrected chi connectivity index (χ0v) is 12.1. The van der Waals surface area contributed by atoms with Gasteiger partial charge in [0.1, 0.15) is 6.61 Å². The second-order valence-corrected chi connectivity index (χ2v) is 4.81. The lowest BCUT2D eigenvalue weighted by Crippen LogP contribution is -2.13. The van der Waals surface area contributed by atoms with E-state index in [1.165, 1.54) is 0 Å². The van der Waals surface area contributed by atoms with Crippen molar-refractivity contribution in [1.29, 1.82) is 0 Å². The first-order valence-corrected chi connectivity index (χ1v) is 6.68. The number of benzene rings is 2. The largest absolute Gasteiger partial charge is 0.384 e. The van der Waals surface area contributed by atoms with Gasteiger partial charge >= 0.3 is 0 Å². The molecule has 0 aromatic heterocycles. The van der Waals surface area contributed by atoms with Crippen molar-refractivity contribution in [1.82, 2.24) is 0 Å². The van der Waals surface area contributed by atoms with E-state index in [2.05, 4.69) is 17.2 Å². The molecule has 1 amide bonds. The molecule has 0 aliphatic heterocycles. The van der Waals surface area contributed by atoms with Crippen molar-refractivity contribution in [3.63, 3.8) is 0 Å². The second-order valence-electron chi connectivity index (χ2n) is 4.81. The smallest absolute Gasteiger partial charge is 0.255 e. The number of nitrogens with one attached hydrogen (secondary N) is 1. The maximum Gasteiger partial charge on any atom is 0.255 e. The summed E-state index contributed by atoms with van der Waals surface area (Å²) in [6.07, 6.45) is 0. The van der Waals surface area contributed by atoms with Crippen LogP contribution < -0.4 is 5.32 Å². The van der Waals surface area contributed by atoms with E-state index in [0.29, 0.717) is 11.1 Å². The molecule has 2 aromatic rings. The molecule has 0 heterocycles. The van der Waals surface area contributed by atoms with E-state index in [1.807, 2.05) is 50.2 Å². The van der Waals surface area contributed by atoms with E-state index in [-0.39, 0.29) is 12.5 Å². The van der Waals surface area contributed by atoms with Crippen molar-refractivity contribution in [2.45, 2.75) is 13.8 Å². The number of carbonyl (C=O) groups excluding carboxylic acids is 1. The highest BCUT2D eigenvalue weighted by atomic mass is 16.2. The standard InChI is InChI=1S/C18H17NO2/c1-13-5-9-16(10-6-13)19-18(21)17-12-15(4-3-11-20)8-7-14(17)2/h5-10,12,20H,11H2,1-2H3,(H,19,21). The fraction of sp³-hybridized carbons (Fsp3) is 0.167. The Kier molecular flexibility index (Phi) is 4.76. The number of carbonyl (C=O) groups is 1. The number of hydrogen-bond acceptors (Lipinski definition) is 2. The molecule has 0 aliphatic carbocycles. The molecule has 0 radical (unpaired) electrons. The van der Waals surface area contributed by atoms with Gasteiger partial charge in [-0.3, -0.25) is 4.79 Å². The van der Waals surface area contributed by atoms with E-state index in [4.69, 9.17) is 5.11 Å². The van der Waals surface area contributed by atoms with Gasteiger partial charge in [-0.05, 0) is 43.7 Å². The molecule has 2 rings (SSSR count). The Labute approximate surface area is 124 Å². The van der Waals surface area contributed by atoms with Crippen LogP contribution in [0.5, 0.6) is 0 Å². The Morgan fingerprint density at radius 3 is 2.52 bits per heavy atom. The molecule has 0 atom stereocenters. The first-order valence-electron chi connectivity index (χ1n) is 6.68. The Bertz CT molecular complexity index is 706. The normalized spacial score (nSPS) is 9.67. The van der Waals surface area contributed by atoms with Gasteiger partial charge in [0, 0.05) is 16.8 Å². The predicted octanol–water partition coefficient (Wildman–Crippen LogP) is 2.90. The molecule has 21 heavy (non-hydrogen) atoms. The molecular weight excluding hydrogens is 262 g/mol. The number of rotatable bonds is 2. The van der Waals surface area contributed by atoms with Crippen molar-refractivity contribution in [3.8, 4) is 11.8 Å². The molecule has 0 aliphatic rings. The summed E-state index contributed by atoms with van der Waals surface area (Å²) in [5.41, 5.74) is 4.08. The first-order chi connectivity index (χ1) is 10.1. The number of anilines is 1. The molecule has 3 nitrogen and oxygen atoms in total. The van der Waals surface area contributed by atoms with Crippen molar-refractivity contribution < 1.29 is 9.90 Å². The summed E-state index contributed by atoms with van der Waals surface area (Å²) in [6.45, 7) is 3.69. The minimum absolute atomic E-state index is 0.163. The summed E-state index contributed by atoms with van der Waals surface area (Å²) in [6, 6.07) is 13.1. The minimum atomic E-state index is -0.196. The Hall–Kier alpha value is -2.57. The van der Waals surface area contributed by atoms with Crippen molar-refractivity contribution in [2.24, 2.45) is 0 Å². The van der Waals surface area contributed by atoms with Crippen LogP contribution in [0.3, 0.4) is 0 Å². The topological polar surface area (TPSA) is 49.3 Å². The minimum Gasteiger partial charge on any atom is -0.384 e. The van der Waals surface area contributed by atoms with E-state index >= 15 is 0 Å². The third-order valence-corrected chi connectivity index (χ3v) is 3.10. The second kappa shape index (κ2) is 6.74. The monoisotopic (exact) mass is 279 g/mol. The highest BCUT2D eigenvalue weighted by Gasteiger charge is 2.09. The molecule has 0 unspecified atom stereocenters. The van der Waals surface area contributed by atoms with Crippen LogP contribution in [0.2, 0.25) is 0 Å². The molecule has 3 heteroatoms. The summed E-state index contributed by atoms with van der Waals surface area (Å²) in [5, 5.41) is 11.6. The average Bonchev–Trinajstić information content (AvgIpc) is 2.48. The molecule has 106 valence electrons. The highest BCUT2D eigenvalue weighted by Crippen LogP contribution is 2.15. The van der Waals surface area contributed by atoms with Gasteiger partial charge in [0.2, 0.25) is 0 Å². The van der Waals surface area contributed by atoms with E-state index in [0.717, 1.165) is 16.8 Å². The van der Waals surface area contributed by atoms with Crippen LogP contribution in [0.4, 0.5) is 5.69 Å². The first kappa shape index (κ1) is 14.8. The van der Waals surface area contributed by atoms with Gasteiger partial charge in [0.25, 0.3) is 5.91 Å². The number of aliphatic hydroxyl groups excluding tert-OH is 1. The van der Waals surface area contributed by atoms with Crippen LogP contribution in [-0.2, 0) is 0 Å². The summed E-state index contributed by atoms with van der Waals surface area (Å²) < 4.78 is 0. The third-order valence-electron chi connectivity index (χ3n) is 3.10. The molecule has 0 spiro atoms. The van der Waals surface area contributed by atoms with Gasteiger partial charge in [-0.1, -0.05) is 35.6 Å². The van der Waals surface area contributed by atoms with Crippen LogP contribution in [0.25, 0.3) is 0 Å². The van der Waals surface area contributed by atoms with Crippen LogP contribution >= 0.6 is 0 Å². The van der Waals surface area contributed by atoms with Gasteiger partial charge in [0.05, 0.1) is 0 Å². The number of hydrogen-bond donors (Lipinski definition) is 2. The maximum absolute atomic E-state index is 12.3. The number of amides is 1. The van der Waals surface area contributed by atoms with Gasteiger partial charge in [0.15, 0.2) is 0 Å². The summed E-state index contributed by atoms with van der Waals surface area (Å²) in [7, 11) is 0. The lowest BCUT2D eigenvalue weighted by molar-refractivity contribution is 0.102. The van der Waals surface area contributed by atoms with Crippen LogP contribution in [0, 0.1) is 25.7 Å². The molecule has 0 fully saturated rings. The van der Waals surface area contributed by atoms with E-state index in [9.17, 15) is 4.79 Å². The van der Waals surface area contributed by atoms with Gasteiger partial charge < -0.3 is 10.4 Å².